The molecule has 2 N–H and O–H groups in total. The third-order valence-corrected chi connectivity index (χ3v) is 6.50. The Hall–Kier alpha value is -4.46. The molecule has 2 amide bonds. The molecule has 0 bridgehead atoms. The standard InChI is InChI=1S/C18H17FN2O2.C12H13NO2/c1-12-2-6-14(7-3-12)20-16(22)18(10-11-18)17(23)21-15-8-4-13(19)5-9-15;1-8-4-5-13-10-7-12(15-3)11(14-2)6-9(8)10/h2-9H,10-11H2,1H3,(H,20,22)(H,21,23);4-7H,1-3H3. The second-order valence-corrected chi connectivity index (χ2v) is 9.22. The van der Waals surface area contributed by atoms with Crippen LogP contribution in [-0.2, 0) is 9.59 Å². The van der Waals surface area contributed by atoms with Gasteiger partial charge in [-0.15, -0.1) is 0 Å². The number of nitrogens with one attached hydrogen (secondary N) is 2. The van der Waals surface area contributed by atoms with Gasteiger partial charge in [0.1, 0.15) is 11.2 Å². The fourth-order valence-electron chi connectivity index (χ4n) is 3.96. The van der Waals surface area contributed by atoms with Crippen molar-refractivity contribution in [1.29, 1.82) is 0 Å². The number of hydrogen-bond donors (Lipinski definition) is 2. The van der Waals surface area contributed by atoms with Gasteiger partial charge in [0.15, 0.2) is 11.5 Å². The molecule has 1 saturated carbocycles. The van der Waals surface area contributed by atoms with Gasteiger partial charge in [0, 0.05) is 29.0 Å². The second kappa shape index (κ2) is 11.3. The maximum Gasteiger partial charge on any atom is 0.240 e. The summed E-state index contributed by atoms with van der Waals surface area (Å²) >= 11 is 0. The number of carbonyl (C=O) groups is 2. The van der Waals surface area contributed by atoms with E-state index in [4.69, 9.17) is 9.47 Å². The minimum Gasteiger partial charge on any atom is -0.493 e. The minimum absolute atomic E-state index is 0.305. The molecule has 0 saturated heterocycles. The Morgan fingerprint density at radius 1 is 0.816 bits per heavy atom. The number of amides is 2. The lowest BCUT2D eigenvalue weighted by molar-refractivity contribution is -0.131. The van der Waals surface area contributed by atoms with Crippen molar-refractivity contribution in [1.82, 2.24) is 4.98 Å². The Labute approximate surface area is 221 Å². The predicted molar refractivity (Wildman–Crippen MR) is 146 cm³/mol. The van der Waals surface area contributed by atoms with Gasteiger partial charge in [-0.1, -0.05) is 17.7 Å². The van der Waals surface area contributed by atoms with Crippen molar-refractivity contribution in [2.75, 3.05) is 24.9 Å². The van der Waals surface area contributed by atoms with Gasteiger partial charge < -0.3 is 20.1 Å². The summed E-state index contributed by atoms with van der Waals surface area (Å²) in [5.74, 6) is 0.417. The van der Waals surface area contributed by atoms with Gasteiger partial charge in [-0.25, -0.2) is 4.39 Å². The van der Waals surface area contributed by atoms with Crippen molar-refractivity contribution in [3.63, 3.8) is 0 Å². The lowest BCUT2D eigenvalue weighted by atomic mass is 10.0. The zero-order chi connectivity index (χ0) is 27.3. The predicted octanol–water partition coefficient (Wildman–Crippen LogP) is 6.05. The third kappa shape index (κ3) is 5.91. The van der Waals surface area contributed by atoms with Crippen LogP contribution in [0, 0.1) is 25.1 Å². The van der Waals surface area contributed by atoms with Crippen LogP contribution in [0.1, 0.15) is 24.0 Å². The molecule has 1 aromatic heterocycles. The summed E-state index contributed by atoms with van der Waals surface area (Å²) in [4.78, 5) is 29.1. The molecule has 196 valence electrons. The van der Waals surface area contributed by atoms with Crippen molar-refractivity contribution >= 4 is 34.1 Å². The van der Waals surface area contributed by atoms with E-state index < -0.39 is 5.41 Å². The first-order chi connectivity index (χ1) is 18.3. The van der Waals surface area contributed by atoms with Crippen molar-refractivity contribution < 1.29 is 23.5 Å². The smallest absolute Gasteiger partial charge is 0.240 e. The monoisotopic (exact) mass is 515 g/mol. The van der Waals surface area contributed by atoms with Gasteiger partial charge in [-0.2, -0.15) is 0 Å². The van der Waals surface area contributed by atoms with Crippen molar-refractivity contribution in [3.8, 4) is 11.5 Å². The minimum atomic E-state index is -1.03. The van der Waals surface area contributed by atoms with Gasteiger partial charge in [-0.05, 0) is 80.8 Å². The molecule has 0 radical (unpaired) electrons. The van der Waals surface area contributed by atoms with Gasteiger partial charge in [0.2, 0.25) is 11.8 Å². The molecule has 3 aromatic carbocycles. The molecule has 0 spiro atoms. The molecule has 7 nitrogen and oxygen atoms in total. The number of nitrogens with zero attached hydrogens (tertiary/aromatic N) is 1. The molecule has 0 aliphatic heterocycles. The molecular weight excluding hydrogens is 485 g/mol. The van der Waals surface area contributed by atoms with Gasteiger partial charge >= 0.3 is 0 Å². The summed E-state index contributed by atoms with van der Waals surface area (Å²) in [6, 6.07) is 18.7. The van der Waals surface area contributed by atoms with Crippen LogP contribution in [-0.4, -0.2) is 31.0 Å². The Kier molecular flexibility index (Phi) is 7.90. The van der Waals surface area contributed by atoms with E-state index in [1.807, 2.05) is 37.3 Å². The molecule has 0 unspecified atom stereocenters. The van der Waals surface area contributed by atoms with E-state index in [2.05, 4.69) is 22.5 Å². The van der Waals surface area contributed by atoms with E-state index in [0.717, 1.165) is 22.2 Å². The van der Waals surface area contributed by atoms with E-state index in [1.165, 1.54) is 29.8 Å². The van der Waals surface area contributed by atoms with Crippen LogP contribution in [0.3, 0.4) is 0 Å². The molecule has 0 atom stereocenters. The van der Waals surface area contributed by atoms with Crippen LogP contribution < -0.4 is 20.1 Å². The topological polar surface area (TPSA) is 89.6 Å². The number of hydrogen-bond acceptors (Lipinski definition) is 5. The number of ether oxygens (including phenoxy) is 2. The normalized spacial score (nSPS) is 13.1. The van der Waals surface area contributed by atoms with Crippen molar-refractivity contribution in [3.05, 3.63) is 89.9 Å². The van der Waals surface area contributed by atoms with Crippen LogP contribution in [0.4, 0.5) is 15.8 Å². The zero-order valence-electron chi connectivity index (χ0n) is 21.8. The fourth-order valence-corrected chi connectivity index (χ4v) is 3.96. The van der Waals surface area contributed by atoms with Crippen molar-refractivity contribution in [2.24, 2.45) is 5.41 Å². The first kappa shape index (κ1) is 26.6. The second-order valence-electron chi connectivity index (χ2n) is 9.22. The number of rotatable bonds is 6. The van der Waals surface area contributed by atoms with E-state index >= 15 is 0 Å². The average Bonchev–Trinajstić information content (AvgIpc) is 3.74. The number of fused-ring (bicyclic) bond motifs is 1. The summed E-state index contributed by atoms with van der Waals surface area (Å²) in [6.45, 7) is 4.01. The Morgan fingerprint density at radius 2 is 1.34 bits per heavy atom. The lowest BCUT2D eigenvalue weighted by Crippen LogP contribution is -2.35. The first-order valence-corrected chi connectivity index (χ1v) is 12.2. The summed E-state index contributed by atoms with van der Waals surface area (Å²) in [5.41, 5.74) is 3.32. The maximum atomic E-state index is 12.9. The van der Waals surface area contributed by atoms with Crippen LogP contribution in [0.2, 0.25) is 0 Å². The number of aryl methyl sites for hydroxylation is 2. The number of halogens is 1. The highest BCUT2D eigenvalue weighted by Crippen LogP contribution is 2.47. The number of aromatic nitrogens is 1. The molecule has 4 aromatic rings. The summed E-state index contributed by atoms with van der Waals surface area (Å²) in [5, 5.41) is 6.56. The molecule has 1 aliphatic carbocycles. The average molecular weight is 516 g/mol. The molecule has 1 fully saturated rings. The third-order valence-electron chi connectivity index (χ3n) is 6.50. The Morgan fingerprint density at radius 3 is 1.87 bits per heavy atom. The van der Waals surface area contributed by atoms with Crippen molar-refractivity contribution in [2.45, 2.75) is 26.7 Å². The van der Waals surface area contributed by atoms with E-state index in [9.17, 15) is 14.0 Å². The number of carbonyl (C=O) groups excluding carboxylic acids is 2. The summed E-state index contributed by atoms with van der Waals surface area (Å²) in [7, 11) is 3.26. The van der Waals surface area contributed by atoms with Crippen LogP contribution in [0.15, 0.2) is 72.9 Å². The number of anilines is 2. The summed E-state index contributed by atoms with van der Waals surface area (Å²) in [6.07, 6.45) is 2.82. The molecular formula is C30H30FN3O4. The van der Waals surface area contributed by atoms with Gasteiger partial charge in [-0.3, -0.25) is 14.6 Å². The highest BCUT2D eigenvalue weighted by atomic mass is 19.1. The first-order valence-electron chi connectivity index (χ1n) is 12.2. The largest absolute Gasteiger partial charge is 0.493 e. The molecule has 1 aliphatic rings. The fraction of sp³-hybridized carbons (Fsp3) is 0.233. The van der Waals surface area contributed by atoms with Crippen LogP contribution in [0.25, 0.3) is 10.9 Å². The number of methoxy groups -OCH3 is 2. The molecule has 38 heavy (non-hydrogen) atoms. The van der Waals surface area contributed by atoms with Crippen LogP contribution >= 0.6 is 0 Å². The lowest BCUT2D eigenvalue weighted by Gasteiger charge is -2.15. The highest BCUT2D eigenvalue weighted by molar-refractivity contribution is 6.16. The zero-order valence-corrected chi connectivity index (χ0v) is 21.8. The number of benzene rings is 3. The van der Waals surface area contributed by atoms with Crippen LogP contribution in [0.5, 0.6) is 11.5 Å². The van der Waals surface area contributed by atoms with E-state index in [0.29, 0.717) is 30.0 Å². The van der Waals surface area contributed by atoms with Gasteiger partial charge in [0.05, 0.1) is 19.7 Å². The maximum absolute atomic E-state index is 12.9. The number of pyridine rings is 1. The van der Waals surface area contributed by atoms with E-state index in [-0.39, 0.29) is 17.6 Å². The van der Waals surface area contributed by atoms with E-state index in [1.54, 1.807) is 32.5 Å². The highest BCUT2D eigenvalue weighted by Gasteiger charge is 2.56. The van der Waals surface area contributed by atoms with Gasteiger partial charge in [0.25, 0.3) is 0 Å². The molecule has 1 heterocycles. The Balaban J connectivity index is 0.000000194. The summed E-state index contributed by atoms with van der Waals surface area (Å²) < 4.78 is 23.4. The Bertz CT molecular complexity index is 1390. The molecule has 8 heteroatoms. The quantitative estimate of drug-likeness (QED) is 0.305. The molecule has 5 rings (SSSR count). The SMILES string of the molecule is COc1cc2nccc(C)c2cc1OC.Cc1ccc(NC(=O)C2(C(=O)Nc3ccc(F)cc3)CC2)cc1.